The number of nitrogens with one attached hydrogen (secondary N) is 1. The van der Waals surface area contributed by atoms with E-state index in [1.54, 1.807) is 6.07 Å². The second-order valence-electron chi connectivity index (χ2n) is 3.49. The van der Waals surface area contributed by atoms with E-state index >= 15 is 0 Å². The van der Waals surface area contributed by atoms with Gasteiger partial charge >= 0.3 is 0 Å². The highest BCUT2D eigenvalue weighted by Crippen LogP contribution is 2.22. The summed E-state index contributed by atoms with van der Waals surface area (Å²) in [5.41, 5.74) is 0.635. The van der Waals surface area contributed by atoms with Crippen LogP contribution in [0.15, 0.2) is 22.7 Å². The molecule has 0 spiro atoms. The maximum absolute atomic E-state index is 13.0. The van der Waals surface area contributed by atoms with Gasteiger partial charge in [-0.05, 0) is 25.2 Å². The smallest absolute Gasteiger partial charge is 0.228 e. The van der Waals surface area contributed by atoms with Gasteiger partial charge in [0.25, 0.3) is 0 Å². The number of benzene rings is 1. The molecule has 0 aliphatic carbocycles. The summed E-state index contributed by atoms with van der Waals surface area (Å²) in [6.45, 7) is 0.756. The molecule has 2 aromatic rings. The van der Waals surface area contributed by atoms with E-state index in [4.69, 9.17) is 16.1 Å². The van der Waals surface area contributed by atoms with E-state index in [0.29, 0.717) is 23.7 Å². The number of likely N-dealkylation sites (N-methyl/N-ethyl adjacent to an activating group) is 1. The Hall–Kier alpha value is -1.46. The summed E-state index contributed by atoms with van der Waals surface area (Å²) in [7, 11) is 1.84. The molecular weight excluding hydrogens is 245 g/mol. The van der Waals surface area contributed by atoms with Crippen molar-refractivity contribution in [3.05, 3.63) is 34.9 Å². The molecule has 17 heavy (non-hydrogen) atoms. The minimum Gasteiger partial charge on any atom is -0.339 e. The minimum atomic E-state index is -0.464. The zero-order chi connectivity index (χ0) is 12.3. The van der Waals surface area contributed by atoms with E-state index in [-0.39, 0.29) is 5.02 Å². The largest absolute Gasteiger partial charge is 0.339 e. The quantitative estimate of drug-likeness (QED) is 0.911. The number of aromatic nitrogens is 2. The van der Waals surface area contributed by atoms with Crippen LogP contribution < -0.4 is 5.32 Å². The van der Waals surface area contributed by atoms with Gasteiger partial charge in [0.05, 0.1) is 5.02 Å². The zero-order valence-electron chi connectivity index (χ0n) is 9.20. The fourth-order valence-corrected chi connectivity index (χ4v) is 1.52. The van der Waals surface area contributed by atoms with Gasteiger partial charge in [0, 0.05) is 18.5 Å². The van der Waals surface area contributed by atoms with Crippen LogP contribution in [0.1, 0.15) is 5.89 Å². The summed E-state index contributed by atoms with van der Waals surface area (Å²) in [6.07, 6.45) is 0.651. The molecular formula is C11H11ClFN3O. The Labute approximate surface area is 103 Å². The van der Waals surface area contributed by atoms with E-state index in [0.717, 1.165) is 6.54 Å². The first-order valence-electron chi connectivity index (χ1n) is 5.13. The standard InChI is InChI=1S/C11H11ClFN3O/c1-14-5-4-10-15-11(16-17-10)7-2-3-9(13)8(12)6-7/h2-3,6,14H,4-5H2,1H3. The highest BCUT2D eigenvalue weighted by atomic mass is 35.5. The van der Waals surface area contributed by atoms with E-state index in [1.165, 1.54) is 12.1 Å². The van der Waals surface area contributed by atoms with Gasteiger partial charge < -0.3 is 9.84 Å². The molecule has 0 atom stereocenters. The van der Waals surface area contributed by atoms with Crippen LogP contribution in [0.4, 0.5) is 4.39 Å². The Kier molecular flexibility index (Phi) is 3.71. The molecule has 0 saturated heterocycles. The first-order valence-corrected chi connectivity index (χ1v) is 5.51. The lowest BCUT2D eigenvalue weighted by Crippen LogP contribution is -2.10. The van der Waals surface area contributed by atoms with Crippen molar-refractivity contribution < 1.29 is 8.91 Å². The normalized spacial score (nSPS) is 10.8. The summed E-state index contributed by atoms with van der Waals surface area (Å²) in [5, 5.41) is 6.84. The van der Waals surface area contributed by atoms with E-state index in [2.05, 4.69) is 15.5 Å². The monoisotopic (exact) mass is 255 g/mol. The average molecular weight is 256 g/mol. The molecule has 0 bridgehead atoms. The second-order valence-corrected chi connectivity index (χ2v) is 3.90. The molecule has 0 radical (unpaired) electrons. The van der Waals surface area contributed by atoms with Crippen molar-refractivity contribution in [2.24, 2.45) is 0 Å². The number of nitrogens with zero attached hydrogens (tertiary/aromatic N) is 2. The molecule has 0 aliphatic heterocycles. The van der Waals surface area contributed by atoms with Crippen LogP contribution in [0.3, 0.4) is 0 Å². The molecule has 0 aliphatic rings. The van der Waals surface area contributed by atoms with Gasteiger partial charge in [0.1, 0.15) is 5.82 Å². The first kappa shape index (κ1) is 12.0. The third-order valence-electron chi connectivity index (χ3n) is 2.23. The molecule has 2 rings (SSSR count). The van der Waals surface area contributed by atoms with Crippen molar-refractivity contribution in [2.75, 3.05) is 13.6 Å². The Bertz CT molecular complexity index is 515. The van der Waals surface area contributed by atoms with E-state index < -0.39 is 5.82 Å². The van der Waals surface area contributed by atoms with Crippen LogP contribution in [0.25, 0.3) is 11.4 Å². The summed E-state index contributed by atoms with van der Waals surface area (Å²) in [6, 6.07) is 4.32. The molecule has 0 unspecified atom stereocenters. The molecule has 1 aromatic carbocycles. The Morgan fingerprint density at radius 2 is 2.29 bits per heavy atom. The van der Waals surface area contributed by atoms with Gasteiger partial charge in [0.2, 0.25) is 11.7 Å². The van der Waals surface area contributed by atoms with Crippen LogP contribution in [0, 0.1) is 5.82 Å². The van der Waals surface area contributed by atoms with E-state index in [9.17, 15) is 4.39 Å². The van der Waals surface area contributed by atoms with Gasteiger partial charge in [-0.2, -0.15) is 4.98 Å². The van der Waals surface area contributed by atoms with Crippen molar-refractivity contribution in [1.29, 1.82) is 0 Å². The summed E-state index contributed by atoms with van der Waals surface area (Å²) in [5.74, 6) is 0.488. The molecule has 0 saturated carbocycles. The lowest BCUT2D eigenvalue weighted by atomic mass is 10.2. The highest BCUT2D eigenvalue weighted by Gasteiger charge is 2.10. The average Bonchev–Trinajstić information content (AvgIpc) is 2.79. The molecule has 4 nitrogen and oxygen atoms in total. The summed E-state index contributed by atoms with van der Waals surface area (Å²) >= 11 is 5.68. The van der Waals surface area contributed by atoms with Crippen molar-refractivity contribution in [1.82, 2.24) is 15.5 Å². The lowest BCUT2D eigenvalue weighted by molar-refractivity contribution is 0.377. The predicted molar refractivity (Wildman–Crippen MR) is 62.3 cm³/mol. The van der Waals surface area contributed by atoms with Crippen molar-refractivity contribution in [3.8, 4) is 11.4 Å². The predicted octanol–water partition coefficient (Wildman–Crippen LogP) is 2.29. The second kappa shape index (κ2) is 5.25. The van der Waals surface area contributed by atoms with Gasteiger partial charge in [0.15, 0.2) is 0 Å². The van der Waals surface area contributed by atoms with Crippen molar-refractivity contribution >= 4 is 11.6 Å². The number of halogens is 2. The maximum Gasteiger partial charge on any atom is 0.228 e. The number of rotatable bonds is 4. The molecule has 1 N–H and O–H groups in total. The maximum atomic E-state index is 13.0. The highest BCUT2D eigenvalue weighted by molar-refractivity contribution is 6.31. The Morgan fingerprint density at radius 1 is 1.47 bits per heavy atom. The van der Waals surface area contributed by atoms with Gasteiger partial charge in [-0.25, -0.2) is 4.39 Å². The van der Waals surface area contributed by atoms with Gasteiger partial charge in [-0.3, -0.25) is 0 Å². The summed E-state index contributed by atoms with van der Waals surface area (Å²) < 4.78 is 18.0. The fourth-order valence-electron chi connectivity index (χ4n) is 1.34. The third kappa shape index (κ3) is 2.81. The Balaban J connectivity index is 2.21. The molecule has 90 valence electrons. The molecule has 0 amide bonds. The first-order chi connectivity index (χ1) is 8.20. The third-order valence-corrected chi connectivity index (χ3v) is 2.52. The van der Waals surface area contributed by atoms with Crippen molar-refractivity contribution in [3.63, 3.8) is 0 Å². The zero-order valence-corrected chi connectivity index (χ0v) is 9.96. The lowest BCUT2D eigenvalue weighted by Gasteiger charge is -1.96. The van der Waals surface area contributed by atoms with Crippen LogP contribution >= 0.6 is 11.6 Å². The molecule has 1 heterocycles. The van der Waals surface area contributed by atoms with E-state index in [1.807, 2.05) is 7.05 Å². The van der Waals surface area contributed by atoms with Crippen LogP contribution in [-0.2, 0) is 6.42 Å². The molecule has 1 aromatic heterocycles. The van der Waals surface area contributed by atoms with Crippen LogP contribution in [0.5, 0.6) is 0 Å². The Morgan fingerprint density at radius 3 is 3.00 bits per heavy atom. The molecule has 6 heteroatoms. The molecule has 0 fully saturated rings. The number of hydrogen-bond donors (Lipinski definition) is 1. The van der Waals surface area contributed by atoms with Crippen LogP contribution in [0.2, 0.25) is 5.02 Å². The van der Waals surface area contributed by atoms with Crippen LogP contribution in [-0.4, -0.2) is 23.7 Å². The SMILES string of the molecule is CNCCc1nc(-c2ccc(F)c(Cl)c2)no1. The topological polar surface area (TPSA) is 51.0 Å². The number of hydrogen-bond acceptors (Lipinski definition) is 4. The van der Waals surface area contributed by atoms with Gasteiger partial charge in [-0.15, -0.1) is 0 Å². The minimum absolute atomic E-state index is 0.0454. The summed E-state index contributed by atoms with van der Waals surface area (Å²) in [4.78, 5) is 4.19. The van der Waals surface area contributed by atoms with Crippen molar-refractivity contribution in [2.45, 2.75) is 6.42 Å². The fraction of sp³-hybridized carbons (Fsp3) is 0.273. The van der Waals surface area contributed by atoms with Gasteiger partial charge in [-0.1, -0.05) is 16.8 Å².